The molecule has 2 rings (SSSR count). The van der Waals surface area contributed by atoms with Crippen LogP contribution in [0.2, 0.25) is 0 Å². The molecule has 0 fully saturated rings. The Balaban J connectivity index is 2.18. The molecule has 0 saturated carbocycles. The number of amides is 1. The fourth-order valence-electron chi connectivity index (χ4n) is 2.29. The highest BCUT2D eigenvalue weighted by Crippen LogP contribution is 2.19. The van der Waals surface area contributed by atoms with Crippen LogP contribution in [0.4, 0.5) is 0 Å². The zero-order valence-electron chi connectivity index (χ0n) is 12.3. The van der Waals surface area contributed by atoms with Gasteiger partial charge in [0.1, 0.15) is 0 Å². The Morgan fingerprint density at radius 3 is 2.10 bits per heavy atom. The van der Waals surface area contributed by atoms with Gasteiger partial charge in [-0.05, 0) is 24.5 Å². The first-order valence-electron chi connectivity index (χ1n) is 6.98. The lowest BCUT2D eigenvalue weighted by Crippen LogP contribution is -2.27. The maximum atomic E-state index is 11.4. The van der Waals surface area contributed by atoms with Crippen LogP contribution in [0, 0.1) is 0 Å². The number of rotatable bonds is 5. The summed E-state index contributed by atoms with van der Waals surface area (Å²) in [6.45, 7) is 3.08. The molecule has 1 amide bonds. The van der Waals surface area contributed by atoms with E-state index in [-0.39, 0.29) is 17.7 Å². The minimum Gasteiger partial charge on any atom is -0.349 e. The van der Waals surface area contributed by atoms with Crippen molar-refractivity contribution in [3.05, 3.63) is 71.3 Å². The van der Waals surface area contributed by atoms with E-state index in [4.69, 9.17) is 0 Å². The fraction of sp³-hybridized carbons (Fsp3) is 0.222. The molecule has 0 aliphatic carbocycles. The van der Waals surface area contributed by atoms with Gasteiger partial charge in [-0.1, -0.05) is 54.6 Å². The van der Waals surface area contributed by atoms with Crippen LogP contribution in [0.25, 0.3) is 0 Å². The molecule has 1 N–H and O–H groups in total. The topological polar surface area (TPSA) is 46.2 Å². The Labute approximate surface area is 125 Å². The summed E-state index contributed by atoms with van der Waals surface area (Å²) in [5.41, 5.74) is 2.86. The van der Waals surface area contributed by atoms with Crippen molar-refractivity contribution in [1.29, 1.82) is 0 Å². The molecule has 0 aliphatic rings. The van der Waals surface area contributed by atoms with Crippen LogP contribution in [-0.4, -0.2) is 11.7 Å². The SMILES string of the molecule is CC(=O)NC(Cc1ccc(C(C)=O)cc1)c1ccccc1. The molecular weight excluding hydrogens is 262 g/mol. The average molecular weight is 281 g/mol. The number of benzene rings is 2. The third kappa shape index (κ3) is 4.28. The second-order valence-electron chi connectivity index (χ2n) is 5.12. The summed E-state index contributed by atoms with van der Waals surface area (Å²) in [5, 5.41) is 2.98. The fourth-order valence-corrected chi connectivity index (χ4v) is 2.29. The van der Waals surface area contributed by atoms with Crippen molar-refractivity contribution in [3.63, 3.8) is 0 Å². The van der Waals surface area contributed by atoms with Gasteiger partial charge >= 0.3 is 0 Å². The molecule has 0 bridgehead atoms. The van der Waals surface area contributed by atoms with E-state index in [0.717, 1.165) is 11.1 Å². The number of nitrogens with one attached hydrogen (secondary N) is 1. The molecule has 0 aliphatic heterocycles. The maximum Gasteiger partial charge on any atom is 0.217 e. The van der Waals surface area contributed by atoms with Crippen molar-refractivity contribution in [2.75, 3.05) is 0 Å². The summed E-state index contributed by atoms with van der Waals surface area (Å²) in [7, 11) is 0. The largest absolute Gasteiger partial charge is 0.349 e. The third-order valence-electron chi connectivity index (χ3n) is 3.38. The molecule has 3 heteroatoms. The quantitative estimate of drug-likeness (QED) is 0.855. The molecule has 2 aromatic carbocycles. The highest BCUT2D eigenvalue weighted by Gasteiger charge is 2.13. The number of Topliss-reactive ketones (excluding diaryl/α,β-unsaturated/α-hetero) is 1. The predicted octanol–water partition coefficient (Wildman–Crippen LogP) is 3.31. The molecule has 0 saturated heterocycles. The Morgan fingerprint density at radius 2 is 1.57 bits per heavy atom. The van der Waals surface area contributed by atoms with Gasteiger partial charge in [0.05, 0.1) is 6.04 Å². The summed E-state index contributed by atoms with van der Waals surface area (Å²) in [5.74, 6) is 0.00669. The second kappa shape index (κ2) is 6.84. The molecule has 0 spiro atoms. The van der Waals surface area contributed by atoms with E-state index in [1.54, 1.807) is 6.92 Å². The summed E-state index contributed by atoms with van der Waals surface area (Å²) < 4.78 is 0. The van der Waals surface area contributed by atoms with E-state index in [1.165, 1.54) is 6.92 Å². The van der Waals surface area contributed by atoms with E-state index in [0.29, 0.717) is 12.0 Å². The van der Waals surface area contributed by atoms with Crippen LogP contribution in [0.15, 0.2) is 54.6 Å². The van der Waals surface area contributed by atoms with E-state index in [9.17, 15) is 9.59 Å². The molecule has 1 unspecified atom stereocenters. The lowest BCUT2D eigenvalue weighted by molar-refractivity contribution is -0.119. The van der Waals surface area contributed by atoms with E-state index >= 15 is 0 Å². The first-order chi connectivity index (χ1) is 10.1. The van der Waals surface area contributed by atoms with Crippen molar-refractivity contribution in [2.45, 2.75) is 26.3 Å². The Bertz CT molecular complexity index is 617. The smallest absolute Gasteiger partial charge is 0.217 e. The molecule has 2 aromatic rings. The monoisotopic (exact) mass is 281 g/mol. The Kier molecular flexibility index (Phi) is 4.88. The van der Waals surface area contributed by atoms with Crippen molar-refractivity contribution in [3.8, 4) is 0 Å². The summed E-state index contributed by atoms with van der Waals surface area (Å²) in [6.07, 6.45) is 0.696. The maximum absolute atomic E-state index is 11.4. The highest BCUT2D eigenvalue weighted by atomic mass is 16.1. The van der Waals surface area contributed by atoms with Gasteiger partial charge < -0.3 is 5.32 Å². The zero-order chi connectivity index (χ0) is 15.2. The van der Waals surface area contributed by atoms with Gasteiger partial charge in [0.25, 0.3) is 0 Å². The van der Waals surface area contributed by atoms with Crippen LogP contribution in [-0.2, 0) is 11.2 Å². The molecule has 21 heavy (non-hydrogen) atoms. The van der Waals surface area contributed by atoms with Gasteiger partial charge in [0, 0.05) is 12.5 Å². The minimum atomic E-state index is -0.0631. The van der Waals surface area contributed by atoms with E-state index < -0.39 is 0 Å². The molecule has 0 radical (unpaired) electrons. The van der Waals surface area contributed by atoms with Crippen molar-refractivity contribution in [2.24, 2.45) is 0 Å². The van der Waals surface area contributed by atoms with Gasteiger partial charge in [-0.3, -0.25) is 9.59 Å². The second-order valence-corrected chi connectivity index (χ2v) is 5.12. The van der Waals surface area contributed by atoms with Crippen LogP contribution in [0.5, 0.6) is 0 Å². The predicted molar refractivity (Wildman–Crippen MR) is 83.2 cm³/mol. The van der Waals surface area contributed by atoms with Crippen molar-refractivity contribution < 1.29 is 9.59 Å². The van der Waals surface area contributed by atoms with Gasteiger partial charge in [-0.2, -0.15) is 0 Å². The lowest BCUT2D eigenvalue weighted by atomic mass is 9.97. The molecular formula is C18H19NO2. The van der Waals surface area contributed by atoms with Crippen LogP contribution >= 0.6 is 0 Å². The van der Waals surface area contributed by atoms with E-state index in [2.05, 4.69) is 5.32 Å². The summed E-state index contributed by atoms with van der Waals surface area (Å²) in [6, 6.07) is 17.4. The highest BCUT2D eigenvalue weighted by molar-refractivity contribution is 5.94. The zero-order valence-corrected chi connectivity index (χ0v) is 12.3. The number of hydrogen-bond acceptors (Lipinski definition) is 2. The molecule has 1 atom stereocenters. The Hall–Kier alpha value is -2.42. The average Bonchev–Trinajstić information content (AvgIpc) is 2.47. The Morgan fingerprint density at radius 1 is 0.952 bits per heavy atom. The van der Waals surface area contributed by atoms with Crippen molar-refractivity contribution >= 4 is 11.7 Å². The van der Waals surface area contributed by atoms with Crippen LogP contribution in [0.3, 0.4) is 0 Å². The van der Waals surface area contributed by atoms with Gasteiger partial charge in [-0.15, -0.1) is 0 Å². The van der Waals surface area contributed by atoms with Crippen molar-refractivity contribution in [1.82, 2.24) is 5.32 Å². The van der Waals surface area contributed by atoms with E-state index in [1.807, 2.05) is 54.6 Å². The molecule has 0 aromatic heterocycles. The summed E-state index contributed by atoms with van der Waals surface area (Å²) in [4.78, 5) is 22.7. The number of ketones is 1. The van der Waals surface area contributed by atoms with Gasteiger partial charge in [0.2, 0.25) is 5.91 Å². The summed E-state index contributed by atoms with van der Waals surface area (Å²) >= 11 is 0. The lowest BCUT2D eigenvalue weighted by Gasteiger charge is -2.18. The first kappa shape index (κ1) is 15.0. The van der Waals surface area contributed by atoms with Gasteiger partial charge in [-0.25, -0.2) is 0 Å². The van der Waals surface area contributed by atoms with Crippen LogP contribution in [0.1, 0.15) is 41.4 Å². The normalized spacial score (nSPS) is 11.7. The number of carbonyl (C=O) groups excluding carboxylic acids is 2. The number of carbonyl (C=O) groups is 2. The molecule has 0 heterocycles. The minimum absolute atomic E-state index is 0.0517. The van der Waals surface area contributed by atoms with Gasteiger partial charge in [0.15, 0.2) is 5.78 Å². The molecule has 3 nitrogen and oxygen atoms in total. The first-order valence-corrected chi connectivity index (χ1v) is 6.98. The number of hydrogen-bond donors (Lipinski definition) is 1. The standard InChI is InChI=1S/C18H19NO2/c1-13(20)16-10-8-15(9-11-16)12-18(19-14(2)21)17-6-4-3-5-7-17/h3-11,18H,12H2,1-2H3,(H,19,21). The van der Waals surface area contributed by atoms with Crippen LogP contribution < -0.4 is 5.32 Å². The third-order valence-corrected chi connectivity index (χ3v) is 3.38. The molecule has 108 valence electrons.